The summed E-state index contributed by atoms with van der Waals surface area (Å²) < 4.78 is 19.6. The lowest BCUT2D eigenvalue weighted by Gasteiger charge is -2.19. The highest BCUT2D eigenvalue weighted by molar-refractivity contribution is 5.96. The molecule has 27 heavy (non-hydrogen) atoms. The van der Waals surface area contributed by atoms with E-state index in [4.69, 9.17) is 4.74 Å². The average Bonchev–Trinajstić information content (AvgIpc) is 3.12. The molecule has 0 bridgehead atoms. The van der Waals surface area contributed by atoms with E-state index in [1.807, 2.05) is 0 Å². The van der Waals surface area contributed by atoms with Gasteiger partial charge in [-0.05, 0) is 24.3 Å². The van der Waals surface area contributed by atoms with Crippen LogP contribution in [0, 0.1) is 5.82 Å². The SMILES string of the molecule is CN(C)C(=O)c1cccnc1OC1CCN(C(=O)Nc2ccccc2F)C1. The van der Waals surface area contributed by atoms with Crippen LogP contribution in [0.2, 0.25) is 0 Å². The van der Waals surface area contributed by atoms with Crippen molar-refractivity contribution in [3.8, 4) is 5.88 Å². The number of ether oxygens (including phenoxy) is 1. The third-order valence-corrected chi connectivity index (χ3v) is 4.23. The monoisotopic (exact) mass is 372 g/mol. The van der Waals surface area contributed by atoms with Gasteiger partial charge in [-0.3, -0.25) is 4.79 Å². The molecule has 1 fully saturated rings. The summed E-state index contributed by atoms with van der Waals surface area (Å²) in [6, 6.07) is 8.94. The molecule has 1 atom stereocenters. The minimum Gasteiger partial charge on any atom is -0.472 e. The number of anilines is 1. The molecule has 1 unspecified atom stereocenters. The molecule has 0 spiro atoms. The molecule has 7 nitrogen and oxygen atoms in total. The molecular weight excluding hydrogens is 351 g/mol. The van der Waals surface area contributed by atoms with Crippen LogP contribution in [0.5, 0.6) is 5.88 Å². The van der Waals surface area contributed by atoms with Crippen LogP contribution in [0.1, 0.15) is 16.8 Å². The number of para-hydroxylation sites is 1. The fourth-order valence-electron chi connectivity index (χ4n) is 2.81. The maximum absolute atomic E-state index is 13.7. The second-order valence-electron chi connectivity index (χ2n) is 6.44. The summed E-state index contributed by atoms with van der Waals surface area (Å²) in [4.78, 5) is 31.7. The highest BCUT2D eigenvalue weighted by Crippen LogP contribution is 2.22. The summed E-state index contributed by atoms with van der Waals surface area (Å²) in [7, 11) is 3.31. The Morgan fingerprint density at radius 2 is 2.04 bits per heavy atom. The first-order valence-corrected chi connectivity index (χ1v) is 8.59. The number of carbonyl (C=O) groups excluding carboxylic acids is 2. The summed E-state index contributed by atoms with van der Waals surface area (Å²) in [5, 5.41) is 2.56. The van der Waals surface area contributed by atoms with Crippen LogP contribution in [0.25, 0.3) is 0 Å². The molecule has 1 aromatic heterocycles. The van der Waals surface area contributed by atoms with E-state index in [0.29, 0.717) is 25.1 Å². The topological polar surface area (TPSA) is 74.8 Å². The number of benzene rings is 1. The fraction of sp³-hybridized carbons (Fsp3) is 0.316. The maximum atomic E-state index is 13.7. The molecule has 0 radical (unpaired) electrons. The number of likely N-dealkylation sites (tertiary alicyclic amines) is 1. The van der Waals surface area contributed by atoms with E-state index >= 15 is 0 Å². The number of aromatic nitrogens is 1. The van der Waals surface area contributed by atoms with Crippen molar-refractivity contribution in [1.29, 1.82) is 0 Å². The van der Waals surface area contributed by atoms with Crippen molar-refractivity contribution in [1.82, 2.24) is 14.8 Å². The quantitative estimate of drug-likeness (QED) is 0.895. The zero-order valence-electron chi connectivity index (χ0n) is 15.2. The molecule has 1 aliphatic heterocycles. The molecule has 1 aromatic carbocycles. The second-order valence-corrected chi connectivity index (χ2v) is 6.44. The Labute approximate surface area is 156 Å². The normalized spacial score (nSPS) is 16.1. The Bertz CT molecular complexity index is 843. The van der Waals surface area contributed by atoms with Crippen LogP contribution in [-0.4, -0.2) is 60.0 Å². The Kier molecular flexibility index (Phi) is 5.54. The van der Waals surface area contributed by atoms with Gasteiger partial charge in [-0.25, -0.2) is 14.2 Å². The molecule has 1 saturated heterocycles. The lowest BCUT2D eigenvalue weighted by molar-refractivity contribution is 0.0818. The van der Waals surface area contributed by atoms with Gasteiger partial charge in [-0.15, -0.1) is 0 Å². The average molecular weight is 372 g/mol. The van der Waals surface area contributed by atoms with Gasteiger partial charge < -0.3 is 19.9 Å². The molecule has 2 heterocycles. The maximum Gasteiger partial charge on any atom is 0.322 e. The predicted molar refractivity (Wildman–Crippen MR) is 98.3 cm³/mol. The molecule has 1 aliphatic rings. The summed E-state index contributed by atoms with van der Waals surface area (Å²) in [6.45, 7) is 0.793. The van der Waals surface area contributed by atoms with Crippen molar-refractivity contribution < 1.29 is 18.7 Å². The van der Waals surface area contributed by atoms with E-state index in [1.54, 1.807) is 49.5 Å². The minimum absolute atomic E-state index is 0.135. The van der Waals surface area contributed by atoms with Crippen molar-refractivity contribution in [2.24, 2.45) is 0 Å². The van der Waals surface area contributed by atoms with Gasteiger partial charge in [-0.1, -0.05) is 12.1 Å². The van der Waals surface area contributed by atoms with Crippen molar-refractivity contribution in [2.75, 3.05) is 32.5 Å². The van der Waals surface area contributed by atoms with E-state index < -0.39 is 11.8 Å². The number of halogens is 1. The molecule has 0 saturated carbocycles. The van der Waals surface area contributed by atoms with Gasteiger partial charge in [0.1, 0.15) is 17.5 Å². The summed E-state index contributed by atoms with van der Waals surface area (Å²) in [6.07, 6.45) is 1.86. The molecule has 8 heteroatoms. The third-order valence-electron chi connectivity index (χ3n) is 4.23. The molecule has 3 rings (SSSR count). The highest BCUT2D eigenvalue weighted by atomic mass is 19.1. The minimum atomic E-state index is -0.488. The number of pyridine rings is 1. The van der Waals surface area contributed by atoms with Gasteiger partial charge in [0, 0.05) is 33.3 Å². The zero-order valence-corrected chi connectivity index (χ0v) is 15.2. The Morgan fingerprint density at radius 3 is 2.78 bits per heavy atom. The molecule has 2 aromatic rings. The number of hydrogen-bond donors (Lipinski definition) is 1. The van der Waals surface area contributed by atoms with Crippen LogP contribution < -0.4 is 10.1 Å². The van der Waals surface area contributed by atoms with Gasteiger partial charge >= 0.3 is 6.03 Å². The number of hydrogen-bond acceptors (Lipinski definition) is 4. The molecule has 0 aliphatic carbocycles. The Balaban J connectivity index is 1.63. The highest BCUT2D eigenvalue weighted by Gasteiger charge is 2.29. The largest absolute Gasteiger partial charge is 0.472 e. The molecule has 3 amide bonds. The zero-order chi connectivity index (χ0) is 19.4. The Hall–Kier alpha value is -3.16. The van der Waals surface area contributed by atoms with Gasteiger partial charge in [-0.2, -0.15) is 0 Å². The van der Waals surface area contributed by atoms with Gasteiger partial charge in [0.15, 0.2) is 0 Å². The number of nitrogens with zero attached hydrogens (tertiary/aromatic N) is 3. The smallest absolute Gasteiger partial charge is 0.322 e. The first-order valence-electron chi connectivity index (χ1n) is 8.59. The number of carbonyl (C=O) groups is 2. The van der Waals surface area contributed by atoms with Crippen molar-refractivity contribution in [3.05, 3.63) is 54.0 Å². The molecule has 1 N–H and O–H groups in total. The lowest BCUT2D eigenvalue weighted by Crippen LogP contribution is -2.35. The second kappa shape index (κ2) is 8.03. The van der Waals surface area contributed by atoms with E-state index in [2.05, 4.69) is 10.3 Å². The van der Waals surface area contributed by atoms with Crippen LogP contribution in [-0.2, 0) is 0 Å². The first-order chi connectivity index (χ1) is 13.0. The number of nitrogens with one attached hydrogen (secondary N) is 1. The van der Waals surface area contributed by atoms with Crippen LogP contribution >= 0.6 is 0 Å². The lowest BCUT2D eigenvalue weighted by atomic mass is 10.2. The number of rotatable bonds is 4. The summed E-state index contributed by atoms with van der Waals surface area (Å²) in [5.41, 5.74) is 0.507. The molecule has 142 valence electrons. The van der Waals surface area contributed by atoms with Crippen molar-refractivity contribution in [2.45, 2.75) is 12.5 Å². The fourth-order valence-corrected chi connectivity index (χ4v) is 2.81. The first kappa shape index (κ1) is 18.6. The van der Waals surface area contributed by atoms with Crippen LogP contribution in [0.15, 0.2) is 42.6 Å². The summed E-state index contributed by atoms with van der Waals surface area (Å²) >= 11 is 0. The van der Waals surface area contributed by atoms with Crippen LogP contribution in [0.3, 0.4) is 0 Å². The van der Waals surface area contributed by atoms with Gasteiger partial charge in [0.05, 0.1) is 12.2 Å². The van der Waals surface area contributed by atoms with E-state index in [1.165, 1.54) is 17.0 Å². The van der Waals surface area contributed by atoms with Crippen molar-refractivity contribution >= 4 is 17.6 Å². The van der Waals surface area contributed by atoms with Crippen LogP contribution in [0.4, 0.5) is 14.9 Å². The summed E-state index contributed by atoms with van der Waals surface area (Å²) in [5.74, 6) is -0.444. The number of amides is 3. The van der Waals surface area contributed by atoms with E-state index in [-0.39, 0.29) is 23.6 Å². The van der Waals surface area contributed by atoms with Gasteiger partial charge in [0.2, 0.25) is 5.88 Å². The van der Waals surface area contributed by atoms with E-state index in [9.17, 15) is 14.0 Å². The number of urea groups is 1. The third kappa shape index (κ3) is 4.33. The predicted octanol–water partition coefficient (Wildman–Crippen LogP) is 2.61. The van der Waals surface area contributed by atoms with Crippen molar-refractivity contribution in [3.63, 3.8) is 0 Å². The Morgan fingerprint density at radius 1 is 1.26 bits per heavy atom. The van der Waals surface area contributed by atoms with Gasteiger partial charge in [0.25, 0.3) is 5.91 Å². The van der Waals surface area contributed by atoms with E-state index in [0.717, 1.165) is 0 Å². The standard InChI is InChI=1S/C19H21FN4O3/c1-23(2)18(25)14-6-5-10-21-17(14)27-13-9-11-24(12-13)19(26)22-16-8-4-3-7-15(16)20/h3-8,10,13H,9,11-12H2,1-2H3,(H,22,26). The molecular formula is C19H21FN4O3.